The molecule has 3 aromatic carbocycles. The van der Waals surface area contributed by atoms with Crippen LogP contribution in [-0.2, 0) is 19.5 Å². The van der Waals surface area contributed by atoms with Crippen LogP contribution in [0.2, 0.25) is 0 Å². The minimum Gasteiger partial charge on any atom is -0.493 e. The SMILES string of the molecule is O=C(O)c1ccc2c(c1)Cc1cccc(c1)CN(Cc1ccccc1F)CCCCCO2. The third-order valence-corrected chi connectivity index (χ3v) is 5.83. The molecule has 1 aliphatic heterocycles. The van der Waals surface area contributed by atoms with Gasteiger partial charge in [-0.15, -0.1) is 0 Å². The molecule has 1 N–H and O–H groups in total. The lowest BCUT2D eigenvalue weighted by Crippen LogP contribution is -2.25. The van der Waals surface area contributed by atoms with Gasteiger partial charge in [0.1, 0.15) is 11.6 Å². The van der Waals surface area contributed by atoms with E-state index in [-0.39, 0.29) is 11.4 Å². The van der Waals surface area contributed by atoms with E-state index in [1.54, 1.807) is 24.3 Å². The highest BCUT2D eigenvalue weighted by molar-refractivity contribution is 5.88. The second kappa shape index (κ2) is 10.4. The number of hydrogen-bond acceptors (Lipinski definition) is 3. The Bertz CT molecular complexity index is 1080. The van der Waals surface area contributed by atoms with Crippen LogP contribution in [0.4, 0.5) is 4.39 Å². The topological polar surface area (TPSA) is 49.8 Å². The van der Waals surface area contributed by atoms with Crippen molar-refractivity contribution in [1.29, 1.82) is 0 Å². The van der Waals surface area contributed by atoms with Gasteiger partial charge >= 0.3 is 5.97 Å². The van der Waals surface area contributed by atoms with Crippen molar-refractivity contribution in [3.63, 3.8) is 0 Å². The molecule has 0 saturated carbocycles. The molecule has 0 fully saturated rings. The quantitative estimate of drug-likeness (QED) is 0.577. The standard InChI is InChI=1S/C27H28FNO3/c28-25-10-3-2-9-23(25)19-29-13-4-1-5-14-32-26-12-11-22(27(30)31)17-24(26)16-20-7-6-8-21(15-20)18-29/h2-3,6-12,15,17H,1,4-5,13-14,16,18-19H2,(H,30,31). The minimum atomic E-state index is -0.940. The number of rotatable bonds is 3. The van der Waals surface area contributed by atoms with Gasteiger partial charge in [-0.25, -0.2) is 9.18 Å². The molecule has 4 nitrogen and oxygen atoms in total. The molecule has 0 saturated heterocycles. The van der Waals surface area contributed by atoms with Gasteiger partial charge in [0.2, 0.25) is 0 Å². The largest absolute Gasteiger partial charge is 0.493 e. The Morgan fingerprint density at radius 1 is 0.969 bits per heavy atom. The number of carboxylic acid groups (broad SMARTS) is 1. The Kier molecular flexibility index (Phi) is 7.17. The summed E-state index contributed by atoms with van der Waals surface area (Å²) < 4.78 is 20.3. The molecule has 0 spiro atoms. The molecule has 3 aromatic rings. The molecular formula is C27H28FNO3. The van der Waals surface area contributed by atoms with Crippen LogP contribution in [-0.4, -0.2) is 29.1 Å². The lowest BCUT2D eigenvalue weighted by Gasteiger charge is -2.24. The fourth-order valence-corrected chi connectivity index (χ4v) is 4.19. The summed E-state index contributed by atoms with van der Waals surface area (Å²) in [7, 11) is 0. The molecule has 4 rings (SSSR count). The molecular weight excluding hydrogens is 405 g/mol. The summed E-state index contributed by atoms with van der Waals surface area (Å²) in [6.45, 7) is 2.78. The summed E-state index contributed by atoms with van der Waals surface area (Å²) >= 11 is 0. The van der Waals surface area contributed by atoms with Crippen LogP contribution in [0.5, 0.6) is 5.75 Å². The van der Waals surface area contributed by atoms with E-state index < -0.39 is 5.97 Å². The zero-order chi connectivity index (χ0) is 22.3. The number of aromatic carboxylic acids is 1. The fourth-order valence-electron chi connectivity index (χ4n) is 4.19. The summed E-state index contributed by atoms with van der Waals surface area (Å²) in [4.78, 5) is 13.8. The van der Waals surface area contributed by atoms with E-state index in [2.05, 4.69) is 17.0 Å². The van der Waals surface area contributed by atoms with Gasteiger partial charge in [0.25, 0.3) is 0 Å². The van der Waals surface area contributed by atoms with Crippen LogP contribution >= 0.6 is 0 Å². The zero-order valence-electron chi connectivity index (χ0n) is 18.1. The van der Waals surface area contributed by atoms with E-state index in [1.165, 1.54) is 6.07 Å². The first kappa shape index (κ1) is 22.0. The first-order chi connectivity index (χ1) is 15.6. The van der Waals surface area contributed by atoms with Gasteiger partial charge < -0.3 is 9.84 Å². The molecule has 1 aliphatic rings. The Morgan fingerprint density at radius 2 is 1.81 bits per heavy atom. The molecule has 0 aliphatic carbocycles. The van der Waals surface area contributed by atoms with E-state index in [0.717, 1.165) is 54.8 Å². The Hall–Kier alpha value is -3.18. The van der Waals surface area contributed by atoms with E-state index in [0.29, 0.717) is 25.1 Å². The van der Waals surface area contributed by atoms with Crippen molar-refractivity contribution in [2.45, 2.75) is 38.8 Å². The van der Waals surface area contributed by atoms with Crippen molar-refractivity contribution in [2.24, 2.45) is 0 Å². The molecule has 0 unspecified atom stereocenters. The van der Waals surface area contributed by atoms with Crippen LogP contribution in [0, 0.1) is 5.82 Å². The number of nitrogens with zero attached hydrogens (tertiary/aromatic N) is 1. The second-order valence-electron chi connectivity index (χ2n) is 8.34. The smallest absolute Gasteiger partial charge is 0.335 e. The maximum Gasteiger partial charge on any atom is 0.335 e. The fraction of sp³-hybridized carbons (Fsp3) is 0.296. The van der Waals surface area contributed by atoms with Gasteiger partial charge in [-0.3, -0.25) is 4.90 Å². The van der Waals surface area contributed by atoms with Gasteiger partial charge in [-0.1, -0.05) is 42.5 Å². The van der Waals surface area contributed by atoms with E-state index in [1.807, 2.05) is 24.3 Å². The summed E-state index contributed by atoms with van der Waals surface area (Å²) in [6, 6.07) is 20.4. The lowest BCUT2D eigenvalue weighted by atomic mass is 9.99. The van der Waals surface area contributed by atoms with E-state index in [4.69, 9.17) is 4.74 Å². The average Bonchev–Trinajstić information content (AvgIpc) is 2.78. The number of halogens is 1. The number of carboxylic acids is 1. The highest BCUT2D eigenvalue weighted by atomic mass is 19.1. The summed E-state index contributed by atoms with van der Waals surface area (Å²) in [5.74, 6) is -0.358. The van der Waals surface area contributed by atoms with Crippen molar-refractivity contribution < 1.29 is 19.0 Å². The third-order valence-electron chi connectivity index (χ3n) is 5.83. The molecule has 1 heterocycles. The maximum atomic E-state index is 14.2. The van der Waals surface area contributed by atoms with Crippen LogP contribution in [0.3, 0.4) is 0 Å². The number of benzene rings is 3. The van der Waals surface area contributed by atoms with Gasteiger partial charge in [-0.05, 0) is 66.8 Å². The second-order valence-corrected chi connectivity index (χ2v) is 8.34. The van der Waals surface area contributed by atoms with Gasteiger partial charge in [0.15, 0.2) is 0 Å². The number of carbonyl (C=O) groups is 1. The summed E-state index contributed by atoms with van der Waals surface area (Å²) in [5.41, 5.74) is 4.11. The zero-order valence-corrected chi connectivity index (χ0v) is 18.1. The lowest BCUT2D eigenvalue weighted by molar-refractivity contribution is 0.0696. The monoisotopic (exact) mass is 433 g/mol. The third kappa shape index (κ3) is 5.74. The van der Waals surface area contributed by atoms with Crippen LogP contribution < -0.4 is 4.74 Å². The van der Waals surface area contributed by atoms with Crippen molar-refractivity contribution in [3.05, 3.63) is 100 Å². The van der Waals surface area contributed by atoms with Crippen molar-refractivity contribution in [2.75, 3.05) is 13.2 Å². The highest BCUT2D eigenvalue weighted by Crippen LogP contribution is 2.25. The Labute approximate surface area is 188 Å². The maximum absolute atomic E-state index is 14.2. The van der Waals surface area contributed by atoms with Crippen molar-refractivity contribution in [1.82, 2.24) is 4.90 Å². The average molecular weight is 434 g/mol. The molecule has 0 atom stereocenters. The van der Waals surface area contributed by atoms with Crippen molar-refractivity contribution >= 4 is 5.97 Å². The normalized spacial score (nSPS) is 15.3. The molecule has 166 valence electrons. The summed E-state index contributed by atoms with van der Waals surface area (Å²) in [5, 5.41) is 9.40. The molecule has 32 heavy (non-hydrogen) atoms. The first-order valence-electron chi connectivity index (χ1n) is 11.1. The summed E-state index contributed by atoms with van der Waals surface area (Å²) in [6.07, 6.45) is 3.52. The van der Waals surface area contributed by atoms with Gasteiger partial charge in [0, 0.05) is 25.1 Å². The number of fused-ring (bicyclic) bond motifs is 3. The Morgan fingerprint density at radius 3 is 2.66 bits per heavy atom. The van der Waals surface area contributed by atoms with Gasteiger partial charge in [0.05, 0.1) is 12.2 Å². The van der Waals surface area contributed by atoms with Crippen LogP contribution in [0.1, 0.15) is 51.9 Å². The molecule has 0 radical (unpaired) electrons. The molecule has 2 bridgehead atoms. The first-order valence-corrected chi connectivity index (χ1v) is 11.1. The van der Waals surface area contributed by atoms with Crippen molar-refractivity contribution in [3.8, 4) is 5.75 Å². The predicted octanol–water partition coefficient (Wildman–Crippen LogP) is 5.68. The molecule has 0 amide bonds. The van der Waals surface area contributed by atoms with Crippen LogP contribution in [0.15, 0.2) is 66.7 Å². The predicted molar refractivity (Wildman–Crippen MR) is 123 cm³/mol. The number of hydrogen-bond donors (Lipinski definition) is 1. The number of ether oxygens (including phenoxy) is 1. The van der Waals surface area contributed by atoms with Gasteiger partial charge in [-0.2, -0.15) is 0 Å². The van der Waals surface area contributed by atoms with E-state index >= 15 is 0 Å². The molecule has 5 heteroatoms. The Balaban J connectivity index is 1.61. The van der Waals surface area contributed by atoms with Crippen LogP contribution in [0.25, 0.3) is 0 Å². The molecule has 0 aromatic heterocycles. The highest BCUT2D eigenvalue weighted by Gasteiger charge is 2.14. The minimum absolute atomic E-state index is 0.167. The van der Waals surface area contributed by atoms with E-state index in [9.17, 15) is 14.3 Å².